The first-order valence-corrected chi connectivity index (χ1v) is 11.4. The van der Waals surface area contributed by atoms with Crippen LogP contribution in [0.25, 0.3) is 6.08 Å². The van der Waals surface area contributed by atoms with Crippen LogP contribution in [0.4, 0.5) is 4.79 Å². The number of hydrogen-bond acceptors (Lipinski definition) is 7. The van der Waals surface area contributed by atoms with Crippen LogP contribution in [0.5, 0.6) is 0 Å². The van der Waals surface area contributed by atoms with E-state index in [1.54, 1.807) is 17.8 Å². The number of carbonyl (C=O) groups is 3. The van der Waals surface area contributed by atoms with Gasteiger partial charge in [0.1, 0.15) is 5.76 Å². The number of ether oxygens (including phenoxy) is 1. The molecule has 0 atom stereocenters. The van der Waals surface area contributed by atoms with E-state index in [1.165, 1.54) is 19.2 Å². The Morgan fingerprint density at radius 2 is 1.72 bits per heavy atom. The van der Waals surface area contributed by atoms with Crippen LogP contribution in [0.2, 0.25) is 5.02 Å². The predicted octanol–water partition coefficient (Wildman–Crippen LogP) is 6.11. The van der Waals surface area contributed by atoms with Gasteiger partial charge < -0.3 is 9.15 Å². The van der Waals surface area contributed by atoms with Gasteiger partial charge in [-0.25, -0.2) is 4.79 Å². The van der Waals surface area contributed by atoms with Crippen molar-refractivity contribution >= 4 is 58.3 Å². The number of nitrogens with zero attached hydrogens (tertiary/aromatic N) is 1. The second-order valence-electron chi connectivity index (χ2n) is 6.65. The van der Waals surface area contributed by atoms with E-state index in [1.807, 2.05) is 48.5 Å². The Labute approximate surface area is 197 Å². The molecule has 1 saturated heterocycles. The lowest BCUT2D eigenvalue weighted by atomic mass is 10.2. The second-order valence-corrected chi connectivity index (χ2v) is 9.23. The van der Waals surface area contributed by atoms with Crippen molar-refractivity contribution in [1.29, 1.82) is 0 Å². The lowest BCUT2D eigenvalue weighted by Gasteiger charge is -2.09. The molecule has 32 heavy (non-hydrogen) atoms. The molecule has 0 unspecified atom stereocenters. The minimum Gasteiger partial charge on any atom is -0.463 e. The maximum absolute atomic E-state index is 12.7. The molecule has 4 rings (SSSR count). The minimum absolute atomic E-state index is 0.0153. The van der Waals surface area contributed by atoms with Crippen molar-refractivity contribution in [2.24, 2.45) is 0 Å². The van der Waals surface area contributed by atoms with Crippen LogP contribution in [0.15, 0.2) is 79.8 Å². The summed E-state index contributed by atoms with van der Waals surface area (Å²) in [7, 11) is 1.24. The molecular weight excluding hydrogens is 470 g/mol. The highest BCUT2D eigenvalue weighted by Crippen LogP contribution is 2.34. The molecule has 162 valence electrons. The molecular formula is C23H16ClNO5S2. The molecule has 2 amide bonds. The monoisotopic (exact) mass is 485 g/mol. The summed E-state index contributed by atoms with van der Waals surface area (Å²) in [5.74, 6) is -0.697. The van der Waals surface area contributed by atoms with Crippen LogP contribution in [0, 0.1) is 0 Å². The van der Waals surface area contributed by atoms with Crippen LogP contribution in [0.3, 0.4) is 0 Å². The summed E-state index contributed by atoms with van der Waals surface area (Å²) in [6.07, 6.45) is 1.68. The maximum Gasteiger partial charge on any atom is 0.373 e. The quantitative estimate of drug-likeness (QED) is 0.308. The number of hydrogen-bond donors (Lipinski definition) is 0. The van der Waals surface area contributed by atoms with Crippen LogP contribution in [-0.4, -0.2) is 29.1 Å². The molecule has 0 radical (unpaired) electrons. The summed E-state index contributed by atoms with van der Waals surface area (Å²) in [4.78, 5) is 40.1. The van der Waals surface area contributed by atoms with Gasteiger partial charge in [-0.05, 0) is 71.9 Å². The second kappa shape index (κ2) is 9.68. The molecule has 2 aromatic carbocycles. The summed E-state index contributed by atoms with van der Waals surface area (Å²) in [6, 6.07) is 18.2. The Bertz CT molecular complexity index is 1200. The average Bonchev–Trinajstić information content (AvgIpc) is 3.37. The van der Waals surface area contributed by atoms with Crippen molar-refractivity contribution in [3.05, 3.63) is 87.7 Å². The van der Waals surface area contributed by atoms with Crippen molar-refractivity contribution in [1.82, 2.24) is 4.90 Å². The average molecular weight is 486 g/mol. The molecule has 1 aliphatic heterocycles. The van der Waals surface area contributed by atoms with Crippen molar-refractivity contribution in [2.45, 2.75) is 16.3 Å². The number of esters is 1. The standard InChI is InChI=1S/C23H16ClNO5S2/c1-29-22(27)19-11-6-16(30-19)13-25-21(26)20(32-23(25)28)12-14-2-7-17(8-3-14)31-18-9-4-15(24)5-10-18/h2-12H,13H2,1H3. The third-order valence-corrected chi connectivity index (χ3v) is 6.64. The molecule has 6 nitrogen and oxygen atoms in total. The number of furan rings is 1. The molecule has 0 N–H and O–H groups in total. The lowest BCUT2D eigenvalue weighted by Crippen LogP contribution is -2.27. The molecule has 2 heterocycles. The summed E-state index contributed by atoms with van der Waals surface area (Å²) >= 11 is 8.39. The Morgan fingerprint density at radius 1 is 1.06 bits per heavy atom. The molecule has 1 aliphatic rings. The highest BCUT2D eigenvalue weighted by Gasteiger charge is 2.35. The Morgan fingerprint density at radius 3 is 2.38 bits per heavy atom. The van der Waals surface area contributed by atoms with Gasteiger partial charge in [-0.15, -0.1) is 0 Å². The third-order valence-electron chi connectivity index (χ3n) is 4.46. The number of methoxy groups -OCH3 is 1. The number of rotatable bonds is 6. The first-order valence-electron chi connectivity index (χ1n) is 9.39. The zero-order valence-electron chi connectivity index (χ0n) is 16.7. The lowest BCUT2D eigenvalue weighted by molar-refractivity contribution is -0.123. The Kier molecular flexibility index (Phi) is 6.74. The molecule has 1 aromatic heterocycles. The van der Waals surface area contributed by atoms with E-state index in [0.29, 0.717) is 15.7 Å². The van der Waals surface area contributed by atoms with Crippen LogP contribution in [-0.2, 0) is 16.1 Å². The summed E-state index contributed by atoms with van der Waals surface area (Å²) in [6.45, 7) is -0.0599. The van der Waals surface area contributed by atoms with Crippen molar-refractivity contribution < 1.29 is 23.5 Å². The largest absolute Gasteiger partial charge is 0.463 e. The first-order chi connectivity index (χ1) is 15.4. The van der Waals surface area contributed by atoms with Crippen molar-refractivity contribution in [3.63, 3.8) is 0 Å². The summed E-state index contributed by atoms with van der Waals surface area (Å²) in [5.41, 5.74) is 0.807. The van der Waals surface area contributed by atoms with E-state index in [0.717, 1.165) is 32.0 Å². The molecule has 0 bridgehead atoms. The number of imide groups is 1. The maximum atomic E-state index is 12.7. The van der Waals surface area contributed by atoms with Gasteiger partial charge in [-0.2, -0.15) is 0 Å². The molecule has 0 spiro atoms. The highest BCUT2D eigenvalue weighted by atomic mass is 35.5. The number of thioether (sulfide) groups is 1. The van der Waals surface area contributed by atoms with E-state index in [2.05, 4.69) is 4.74 Å². The van der Waals surface area contributed by atoms with Gasteiger partial charge in [0.05, 0.1) is 18.6 Å². The van der Waals surface area contributed by atoms with Gasteiger partial charge in [0.2, 0.25) is 5.76 Å². The van der Waals surface area contributed by atoms with Crippen LogP contribution >= 0.6 is 35.1 Å². The fourth-order valence-electron chi connectivity index (χ4n) is 2.89. The van der Waals surface area contributed by atoms with E-state index in [4.69, 9.17) is 16.0 Å². The minimum atomic E-state index is -0.622. The fourth-order valence-corrected chi connectivity index (χ4v) is 4.67. The summed E-state index contributed by atoms with van der Waals surface area (Å²) < 4.78 is 9.95. The molecule has 0 aliphatic carbocycles. The molecule has 3 aromatic rings. The van der Waals surface area contributed by atoms with E-state index >= 15 is 0 Å². The van der Waals surface area contributed by atoms with E-state index < -0.39 is 17.1 Å². The van der Waals surface area contributed by atoms with Gasteiger partial charge in [0, 0.05) is 14.8 Å². The third kappa shape index (κ3) is 5.09. The molecule has 9 heteroatoms. The first kappa shape index (κ1) is 22.3. The van der Waals surface area contributed by atoms with Gasteiger partial charge in [0.15, 0.2) is 0 Å². The van der Waals surface area contributed by atoms with Crippen molar-refractivity contribution in [3.8, 4) is 0 Å². The van der Waals surface area contributed by atoms with E-state index in [-0.39, 0.29) is 12.3 Å². The highest BCUT2D eigenvalue weighted by molar-refractivity contribution is 8.18. The Balaban J connectivity index is 1.43. The SMILES string of the molecule is COC(=O)c1ccc(CN2C(=O)SC(=Cc3ccc(Sc4ccc(Cl)cc4)cc3)C2=O)o1. The Hall–Kier alpha value is -2.94. The smallest absolute Gasteiger partial charge is 0.373 e. The molecule has 1 fully saturated rings. The summed E-state index contributed by atoms with van der Waals surface area (Å²) in [5, 5.41) is 0.293. The number of carbonyl (C=O) groups excluding carboxylic acids is 3. The van der Waals surface area contributed by atoms with Crippen molar-refractivity contribution in [2.75, 3.05) is 7.11 Å². The van der Waals surface area contributed by atoms with Gasteiger partial charge in [-0.1, -0.05) is 35.5 Å². The van der Waals surface area contributed by atoms with E-state index in [9.17, 15) is 14.4 Å². The van der Waals surface area contributed by atoms with Gasteiger partial charge in [-0.3, -0.25) is 14.5 Å². The number of halogens is 1. The topological polar surface area (TPSA) is 76.8 Å². The fraction of sp³-hybridized carbons (Fsp3) is 0.0870. The zero-order valence-corrected chi connectivity index (χ0v) is 19.1. The zero-order chi connectivity index (χ0) is 22.7. The predicted molar refractivity (Wildman–Crippen MR) is 124 cm³/mol. The molecule has 0 saturated carbocycles. The van der Waals surface area contributed by atoms with Crippen LogP contribution < -0.4 is 0 Å². The number of amides is 2. The van der Waals surface area contributed by atoms with Gasteiger partial charge >= 0.3 is 5.97 Å². The van der Waals surface area contributed by atoms with Crippen LogP contribution in [0.1, 0.15) is 21.9 Å². The normalized spacial score (nSPS) is 14.9. The van der Waals surface area contributed by atoms with Gasteiger partial charge in [0.25, 0.3) is 11.1 Å². The number of benzene rings is 2.